The van der Waals surface area contributed by atoms with E-state index >= 15 is 0 Å². The van der Waals surface area contributed by atoms with Crippen LogP contribution in [0.4, 0.5) is 0 Å². The number of hydrogen-bond acceptors (Lipinski definition) is 4. The highest BCUT2D eigenvalue weighted by Crippen LogP contribution is 2.32. The molecule has 0 aliphatic carbocycles. The molecule has 1 fully saturated rings. The van der Waals surface area contributed by atoms with Gasteiger partial charge in [0.05, 0.1) is 17.4 Å². The van der Waals surface area contributed by atoms with Crippen LogP contribution in [0.25, 0.3) is 0 Å². The fourth-order valence-electron chi connectivity index (χ4n) is 2.01. The van der Waals surface area contributed by atoms with Crippen molar-refractivity contribution >= 4 is 16.2 Å². The van der Waals surface area contributed by atoms with Crippen LogP contribution < -0.4 is 0 Å². The lowest BCUT2D eigenvalue weighted by atomic mass is 9.90. The minimum Gasteiger partial charge on any atom is -0.481 e. The molecule has 1 aliphatic heterocycles. The summed E-state index contributed by atoms with van der Waals surface area (Å²) in [5, 5.41) is 17.8. The van der Waals surface area contributed by atoms with Gasteiger partial charge in [-0.1, -0.05) is 0 Å². The minimum absolute atomic E-state index is 0.0318. The Morgan fingerprint density at radius 3 is 2.63 bits per heavy atom. The van der Waals surface area contributed by atoms with Gasteiger partial charge in [0.2, 0.25) is 0 Å². The van der Waals surface area contributed by atoms with Crippen molar-refractivity contribution in [3.63, 3.8) is 0 Å². The molecule has 0 amide bonds. The molecule has 1 aliphatic rings. The third kappa shape index (κ3) is 3.23. The molecule has 0 bridgehead atoms. The van der Waals surface area contributed by atoms with Crippen molar-refractivity contribution in [3.05, 3.63) is 0 Å². The summed E-state index contributed by atoms with van der Waals surface area (Å²) in [6, 6.07) is 1.97. The van der Waals surface area contributed by atoms with Gasteiger partial charge in [0.1, 0.15) is 0 Å². The van der Waals surface area contributed by atoms with E-state index in [9.17, 15) is 13.2 Å². The van der Waals surface area contributed by atoms with E-state index < -0.39 is 27.5 Å². The van der Waals surface area contributed by atoms with Crippen molar-refractivity contribution in [1.29, 1.82) is 5.26 Å². The zero-order valence-corrected chi connectivity index (χ0v) is 12.1. The van der Waals surface area contributed by atoms with Crippen molar-refractivity contribution < 1.29 is 18.3 Å². The molecule has 19 heavy (non-hydrogen) atoms. The average molecular weight is 289 g/mol. The topological polar surface area (TPSA) is 102 Å². The number of hydrogen-bond donors (Lipinski definition) is 1. The lowest BCUT2D eigenvalue weighted by Gasteiger charge is -2.25. The molecule has 108 valence electrons. The van der Waals surface area contributed by atoms with E-state index in [4.69, 9.17) is 10.4 Å². The van der Waals surface area contributed by atoms with Gasteiger partial charge in [0.25, 0.3) is 10.2 Å². The second-order valence-electron chi connectivity index (χ2n) is 5.27. The van der Waals surface area contributed by atoms with Crippen LogP contribution in [0.2, 0.25) is 0 Å². The lowest BCUT2D eigenvalue weighted by molar-refractivity contribution is -0.146. The van der Waals surface area contributed by atoms with E-state index in [2.05, 4.69) is 0 Å². The van der Waals surface area contributed by atoms with Crippen LogP contribution in [0.15, 0.2) is 0 Å². The van der Waals surface area contributed by atoms with Crippen molar-refractivity contribution in [2.45, 2.75) is 20.3 Å². The van der Waals surface area contributed by atoms with E-state index in [1.165, 1.54) is 11.4 Å². The molecule has 8 heteroatoms. The second-order valence-corrected chi connectivity index (χ2v) is 7.30. The summed E-state index contributed by atoms with van der Waals surface area (Å²) in [5.41, 5.74) is -1.03. The molecule has 0 radical (unpaired) electrons. The molecule has 7 nitrogen and oxygen atoms in total. The molecule has 0 aromatic rings. The quantitative estimate of drug-likeness (QED) is 0.774. The maximum Gasteiger partial charge on any atom is 0.310 e. The van der Waals surface area contributed by atoms with Gasteiger partial charge in [-0.15, -0.1) is 0 Å². The summed E-state index contributed by atoms with van der Waals surface area (Å²) in [6.07, 6.45) is 0.295. The SMILES string of the molecule is CC(C#N)CN(C)S(=O)(=O)N1CCC(C)(C(=O)O)C1. The highest BCUT2D eigenvalue weighted by Gasteiger charge is 2.45. The first-order valence-corrected chi connectivity index (χ1v) is 7.37. The van der Waals surface area contributed by atoms with Gasteiger partial charge in [-0.05, 0) is 20.3 Å². The van der Waals surface area contributed by atoms with Gasteiger partial charge in [0, 0.05) is 26.7 Å². The van der Waals surface area contributed by atoms with Crippen LogP contribution >= 0.6 is 0 Å². The zero-order chi connectivity index (χ0) is 14.8. The molecule has 1 N–H and O–H groups in total. The summed E-state index contributed by atoms with van der Waals surface area (Å²) in [6.45, 7) is 3.44. The maximum atomic E-state index is 12.2. The van der Waals surface area contributed by atoms with E-state index in [0.717, 1.165) is 4.31 Å². The van der Waals surface area contributed by atoms with Crippen molar-refractivity contribution in [2.75, 3.05) is 26.7 Å². The Balaban J connectivity index is 2.81. The first-order valence-electron chi connectivity index (χ1n) is 5.98. The van der Waals surface area contributed by atoms with Crippen molar-refractivity contribution in [1.82, 2.24) is 8.61 Å². The normalized spacial score (nSPS) is 26.3. The first-order chi connectivity index (χ1) is 8.63. The molecule has 1 saturated heterocycles. The van der Waals surface area contributed by atoms with Crippen LogP contribution in [-0.4, -0.2) is 54.8 Å². The Morgan fingerprint density at radius 2 is 2.21 bits per heavy atom. The number of nitriles is 1. The largest absolute Gasteiger partial charge is 0.481 e. The van der Waals surface area contributed by atoms with Gasteiger partial charge in [0.15, 0.2) is 0 Å². The van der Waals surface area contributed by atoms with Crippen molar-refractivity contribution in [2.24, 2.45) is 11.3 Å². The Labute approximate surface area is 113 Å². The molecular formula is C11H19N3O4S. The average Bonchev–Trinajstić information content (AvgIpc) is 2.73. The van der Waals surface area contributed by atoms with E-state index in [-0.39, 0.29) is 19.6 Å². The van der Waals surface area contributed by atoms with Crippen LogP contribution in [0, 0.1) is 22.7 Å². The molecular weight excluding hydrogens is 270 g/mol. The standard InChI is InChI=1S/C11H19N3O4S/c1-9(6-12)7-13(3)19(17,18)14-5-4-11(2,8-14)10(15)16/h9H,4-5,7-8H2,1-3H3,(H,15,16). The second kappa shape index (κ2) is 5.45. The van der Waals surface area contributed by atoms with E-state index in [0.29, 0.717) is 6.42 Å². The van der Waals surface area contributed by atoms with Crippen LogP contribution in [0.5, 0.6) is 0 Å². The molecule has 1 rings (SSSR count). The zero-order valence-electron chi connectivity index (χ0n) is 11.3. The summed E-state index contributed by atoms with van der Waals surface area (Å²) in [4.78, 5) is 11.1. The molecule has 2 unspecified atom stereocenters. The Kier molecular flexibility index (Phi) is 4.55. The number of carboxylic acids is 1. The minimum atomic E-state index is -3.70. The molecule has 0 spiro atoms. The molecule has 0 aromatic carbocycles. The van der Waals surface area contributed by atoms with Gasteiger partial charge >= 0.3 is 5.97 Å². The Bertz CT molecular complexity index is 499. The van der Waals surface area contributed by atoms with Crippen LogP contribution in [-0.2, 0) is 15.0 Å². The highest BCUT2D eigenvalue weighted by molar-refractivity contribution is 7.86. The summed E-state index contributed by atoms with van der Waals surface area (Å²) >= 11 is 0. The van der Waals surface area contributed by atoms with Crippen LogP contribution in [0.3, 0.4) is 0 Å². The number of nitrogens with zero attached hydrogens (tertiary/aromatic N) is 3. The van der Waals surface area contributed by atoms with Gasteiger partial charge in [-0.2, -0.15) is 22.3 Å². The van der Waals surface area contributed by atoms with Gasteiger partial charge in [-0.25, -0.2) is 0 Å². The van der Waals surface area contributed by atoms with Crippen LogP contribution in [0.1, 0.15) is 20.3 Å². The molecule has 2 atom stereocenters. The summed E-state index contributed by atoms with van der Waals surface area (Å²) < 4.78 is 26.8. The highest BCUT2D eigenvalue weighted by atomic mass is 32.2. The third-order valence-electron chi connectivity index (χ3n) is 3.43. The number of carboxylic acid groups (broad SMARTS) is 1. The molecule has 0 saturated carbocycles. The fourth-order valence-corrected chi connectivity index (χ4v) is 3.58. The van der Waals surface area contributed by atoms with Gasteiger partial charge < -0.3 is 5.11 Å². The molecule has 1 heterocycles. The number of carbonyl (C=O) groups is 1. The van der Waals surface area contributed by atoms with Crippen molar-refractivity contribution in [3.8, 4) is 6.07 Å². The smallest absolute Gasteiger partial charge is 0.310 e. The maximum absolute atomic E-state index is 12.2. The Hall–Kier alpha value is -1.17. The third-order valence-corrected chi connectivity index (χ3v) is 5.33. The van der Waals surface area contributed by atoms with E-state index in [1.54, 1.807) is 13.8 Å². The monoisotopic (exact) mass is 289 g/mol. The first kappa shape index (κ1) is 15.9. The lowest BCUT2D eigenvalue weighted by Crippen LogP contribution is -2.43. The van der Waals surface area contributed by atoms with Gasteiger partial charge in [-0.3, -0.25) is 4.79 Å². The predicted octanol–water partition coefficient (Wildman–Crippen LogP) is 0.119. The summed E-state index contributed by atoms with van der Waals surface area (Å²) in [7, 11) is -2.29. The fraction of sp³-hybridized carbons (Fsp3) is 0.818. The Morgan fingerprint density at radius 1 is 1.63 bits per heavy atom. The molecule has 0 aromatic heterocycles. The predicted molar refractivity (Wildman–Crippen MR) is 68.3 cm³/mol. The summed E-state index contributed by atoms with van der Waals surface area (Å²) in [5.74, 6) is -1.40. The number of rotatable bonds is 5. The van der Waals surface area contributed by atoms with E-state index in [1.807, 2.05) is 6.07 Å². The number of aliphatic carboxylic acids is 1.